The van der Waals surface area contributed by atoms with Gasteiger partial charge in [-0.3, -0.25) is 0 Å². The van der Waals surface area contributed by atoms with Crippen molar-refractivity contribution < 1.29 is 4.74 Å². The van der Waals surface area contributed by atoms with Crippen LogP contribution in [-0.2, 0) is 0 Å². The average Bonchev–Trinajstić information content (AvgIpc) is 3.14. The summed E-state index contributed by atoms with van der Waals surface area (Å²) in [6.45, 7) is 4.48. The van der Waals surface area contributed by atoms with Crippen molar-refractivity contribution in [3.63, 3.8) is 0 Å². The van der Waals surface area contributed by atoms with Crippen molar-refractivity contribution in [1.82, 2.24) is 5.32 Å². The second kappa shape index (κ2) is 6.48. The van der Waals surface area contributed by atoms with E-state index in [0.717, 1.165) is 11.5 Å². The highest BCUT2D eigenvalue weighted by Crippen LogP contribution is 2.29. The van der Waals surface area contributed by atoms with Crippen LogP contribution in [0.15, 0.2) is 24.3 Å². The topological polar surface area (TPSA) is 21.3 Å². The van der Waals surface area contributed by atoms with Gasteiger partial charge in [0.05, 0.1) is 6.10 Å². The van der Waals surface area contributed by atoms with Gasteiger partial charge in [0, 0.05) is 11.8 Å². The zero-order valence-corrected chi connectivity index (χ0v) is 12.3. The highest BCUT2D eigenvalue weighted by molar-refractivity contribution is 7.99. The highest BCUT2D eigenvalue weighted by Gasteiger charge is 2.23. The first-order valence-corrected chi connectivity index (χ1v) is 7.79. The van der Waals surface area contributed by atoms with E-state index >= 15 is 0 Å². The SMILES string of the molecule is CNC(CSC(C)C)c1cccc(OC2CC2)c1. The first-order valence-electron chi connectivity index (χ1n) is 6.74. The number of ether oxygens (including phenoxy) is 1. The highest BCUT2D eigenvalue weighted by atomic mass is 32.2. The fourth-order valence-corrected chi connectivity index (χ4v) is 2.75. The molecule has 1 fully saturated rings. The van der Waals surface area contributed by atoms with Gasteiger partial charge in [-0.1, -0.05) is 26.0 Å². The normalized spacial score (nSPS) is 16.9. The minimum Gasteiger partial charge on any atom is -0.490 e. The van der Waals surface area contributed by atoms with Gasteiger partial charge in [0.1, 0.15) is 5.75 Å². The van der Waals surface area contributed by atoms with Crippen LogP contribution in [0.25, 0.3) is 0 Å². The quantitative estimate of drug-likeness (QED) is 0.813. The van der Waals surface area contributed by atoms with Crippen molar-refractivity contribution in [3.8, 4) is 5.75 Å². The molecule has 0 spiro atoms. The molecule has 1 unspecified atom stereocenters. The summed E-state index contributed by atoms with van der Waals surface area (Å²) in [7, 11) is 2.03. The molecule has 0 heterocycles. The molecular weight excluding hydrogens is 242 g/mol. The van der Waals surface area contributed by atoms with E-state index < -0.39 is 0 Å². The third kappa shape index (κ3) is 4.21. The van der Waals surface area contributed by atoms with Gasteiger partial charge in [0.25, 0.3) is 0 Å². The lowest BCUT2D eigenvalue weighted by atomic mass is 10.1. The number of rotatable bonds is 7. The molecule has 2 rings (SSSR count). The lowest BCUT2D eigenvalue weighted by molar-refractivity contribution is 0.302. The number of hydrogen-bond acceptors (Lipinski definition) is 3. The van der Waals surface area contributed by atoms with E-state index in [1.54, 1.807) is 0 Å². The van der Waals surface area contributed by atoms with Gasteiger partial charge in [-0.15, -0.1) is 0 Å². The Kier molecular flexibility index (Phi) is 4.95. The number of nitrogens with one attached hydrogen (secondary N) is 1. The van der Waals surface area contributed by atoms with Crippen LogP contribution in [0.5, 0.6) is 5.75 Å². The molecule has 3 heteroatoms. The van der Waals surface area contributed by atoms with Crippen LogP contribution >= 0.6 is 11.8 Å². The maximum Gasteiger partial charge on any atom is 0.120 e. The summed E-state index contributed by atoms with van der Waals surface area (Å²) >= 11 is 1.99. The largest absolute Gasteiger partial charge is 0.490 e. The molecule has 1 aliphatic carbocycles. The van der Waals surface area contributed by atoms with Crippen LogP contribution in [0.2, 0.25) is 0 Å². The van der Waals surface area contributed by atoms with Gasteiger partial charge in [-0.2, -0.15) is 11.8 Å². The zero-order valence-electron chi connectivity index (χ0n) is 11.5. The molecule has 0 aliphatic heterocycles. The number of benzene rings is 1. The molecule has 0 aromatic heterocycles. The molecule has 0 radical (unpaired) electrons. The van der Waals surface area contributed by atoms with E-state index in [-0.39, 0.29) is 0 Å². The summed E-state index contributed by atoms with van der Waals surface area (Å²) in [5.74, 6) is 2.12. The minimum atomic E-state index is 0.403. The zero-order chi connectivity index (χ0) is 13.0. The summed E-state index contributed by atoms with van der Waals surface area (Å²) in [6, 6.07) is 8.92. The fourth-order valence-electron chi connectivity index (χ4n) is 1.82. The Balaban J connectivity index is 1.99. The first-order chi connectivity index (χ1) is 8.69. The van der Waals surface area contributed by atoms with Gasteiger partial charge in [-0.25, -0.2) is 0 Å². The first kappa shape index (κ1) is 13.8. The molecule has 0 amide bonds. The fraction of sp³-hybridized carbons (Fsp3) is 0.600. The molecule has 0 saturated heterocycles. The lowest BCUT2D eigenvalue weighted by Crippen LogP contribution is -2.19. The monoisotopic (exact) mass is 265 g/mol. The van der Waals surface area contributed by atoms with Gasteiger partial charge in [-0.05, 0) is 42.8 Å². The molecular formula is C15H23NOS. The standard InChI is InChI=1S/C15H23NOS/c1-11(2)18-10-15(16-3)12-5-4-6-14(9-12)17-13-7-8-13/h4-6,9,11,13,15-16H,7-8,10H2,1-3H3. The Bertz CT molecular complexity index is 377. The van der Waals surface area contributed by atoms with Crippen LogP contribution in [0, 0.1) is 0 Å². The van der Waals surface area contributed by atoms with Crippen LogP contribution in [0.4, 0.5) is 0 Å². The summed E-state index contributed by atoms with van der Waals surface area (Å²) < 4.78 is 5.85. The Morgan fingerprint density at radius 1 is 1.39 bits per heavy atom. The van der Waals surface area contributed by atoms with E-state index in [1.807, 2.05) is 18.8 Å². The molecule has 1 saturated carbocycles. The van der Waals surface area contributed by atoms with Crippen LogP contribution in [0.1, 0.15) is 38.3 Å². The smallest absolute Gasteiger partial charge is 0.120 e. The Morgan fingerprint density at radius 2 is 2.17 bits per heavy atom. The molecule has 100 valence electrons. The second-order valence-electron chi connectivity index (χ2n) is 5.11. The van der Waals surface area contributed by atoms with Gasteiger partial charge >= 0.3 is 0 Å². The van der Waals surface area contributed by atoms with Crippen molar-refractivity contribution in [1.29, 1.82) is 0 Å². The summed E-state index contributed by atoms with van der Waals surface area (Å²) in [5.41, 5.74) is 1.32. The predicted octanol–water partition coefficient (Wildman–Crippen LogP) is 3.63. The van der Waals surface area contributed by atoms with E-state index in [2.05, 4.69) is 43.4 Å². The van der Waals surface area contributed by atoms with Crippen molar-refractivity contribution in [2.75, 3.05) is 12.8 Å². The third-order valence-electron chi connectivity index (χ3n) is 3.03. The summed E-state index contributed by atoms with van der Waals surface area (Å²) in [4.78, 5) is 0. The molecule has 2 nitrogen and oxygen atoms in total. The minimum absolute atomic E-state index is 0.403. The average molecular weight is 265 g/mol. The van der Waals surface area contributed by atoms with Crippen LogP contribution < -0.4 is 10.1 Å². The van der Waals surface area contributed by atoms with Gasteiger partial charge < -0.3 is 10.1 Å². The van der Waals surface area contributed by atoms with Crippen molar-refractivity contribution in [2.45, 2.75) is 44.1 Å². The summed E-state index contributed by atoms with van der Waals surface area (Å²) in [6.07, 6.45) is 2.89. The maximum atomic E-state index is 5.85. The molecule has 1 aliphatic rings. The number of thioether (sulfide) groups is 1. The van der Waals surface area contributed by atoms with E-state index in [9.17, 15) is 0 Å². The van der Waals surface area contributed by atoms with Gasteiger partial charge in [0.15, 0.2) is 0 Å². The van der Waals surface area contributed by atoms with Crippen LogP contribution in [0.3, 0.4) is 0 Å². The van der Waals surface area contributed by atoms with Crippen LogP contribution in [-0.4, -0.2) is 24.2 Å². The van der Waals surface area contributed by atoms with Crippen molar-refractivity contribution in [3.05, 3.63) is 29.8 Å². The van der Waals surface area contributed by atoms with Crippen molar-refractivity contribution >= 4 is 11.8 Å². The number of hydrogen-bond donors (Lipinski definition) is 1. The van der Waals surface area contributed by atoms with Gasteiger partial charge in [0.2, 0.25) is 0 Å². The molecule has 1 aromatic carbocycles. The molecule has 1 aromatic rings. The molecule has 18 heavy (non-hydrogen) atoms. The third-order valence-corrected chi connectivity index (χ3v) is 4.22. The Labute approximate surface area is 114 Å². The predicted molar refractivity (Wildman–Crippen MR) is 79.5 cm³/mol. The molecule has 0 bridgehead atoms. The Morgan fingerprint density at radius 3 is 2.78 bits per heavy atom. The van der Waals surface area contributed by atoms with E-state index in [1.165, 1.54) is 18.4 Å². The molecule has 1 N–H and O–H groups in total. The van der Waals surface area contributed by atoms with Crippen molar-refractivity contribution in [2.24, 2.45) is 0 Å². The van der Waals surface area contributed by atoms with E-state index in [0.29, 0.717) is 17.4 Å². The molecule has 1 atom stereocenters. The summed E-state index contributed by atoms with van der Waals surface area (Å²) in [5, 5.41) is 4.07. The maximum absolute atomic E-state index is 5.85. The lowest BCUT2D eigenvalue weighted by Gasteiger charge is -2.18. The second-order valence-corrected chi connectivity index (χ2v) is 6.72. The van der Waals surface area contributed by atoms with E-state index in [4.69, 9.17) is 4.74 Å². The Hall–Kier alpha value is -0.670.